The van der Waals surface area contributed by atoms with Gasteiger partial charge in [-0.2, -0.15) is 0 Å². The molecule has 1 aromatic carbocycles. The number of carbonyl (C=O) groups excluding carboxylic acids is 1. The zero-order valence-electron chi connectivity index (χ0n) is 16.0. The first-order valence-electron chi connectivity index (χ1n) is 9.88. The maximum absolute atomic E-state index is 12.2. The quantitative estimate of drug-likeness (QED) is 0.746. The number of halogens is 1. The van der Waals surface area contributed by atoms with Crippen LogP contribution in [0.15, 0.2) is 36.7 Å². The predicted molar refractivity (Wildman–Crippen MR) is 108 cm³/mol. The van der Waals surface area contributed by atoms with Crippen molar-refractivity contribution in [2.45, 2.75) is 52.2 Å². The Morgan fingerprint density at radius 3 is 3.04 bits per heavy atom. The van der Waals surface area contributed by atoms with Crippen LogP contribution in [0.4, 0.5) is 0 Å². The SMILES string of the molecule is CCn1ccnc1CN1CCCC(CCC(=O)NCc2ccccc2Cl)C1. The molecule has 146 valence electrons. The highest BCUT2D eigenvalue weighted by Crippen LogP contribution is 2.22. The van der Waals surface area contributed by atoms with Crippen LogP contribution >= 0.6 is 11.6 Å². The lowest BCUT2D eigenvalue weighted by Gasteiger charge is -2.32. The Morgan fingerprint density at radius 1 is 1.37 bits per heavy atom. The third kappa shape index (κ3) is 5.81. The summed E-state index contributed by atoms with van der Waals surface area (Å²) in [6.45, 7) is 6.66. The van der Waals surface area contributed by atoms with Crippen LogP contribution in [0.2, 0.25) is 5.02 Å². The fourth-order valence-electron chi connectivity index (χ4n) is 3.77. The summed E-state index contributed by atoms with van der Waals surface area (Å²) in [5, 5.41) is 3.69. The highest BCUT2D eigenvalue weighted by atomic mass is 35.5. The lowest BCUT2D eigenvalue weighted by Crippen LogP contribution is -2.36. The summed E-state index contributed by atoms with van der Waals surface area (Å²) in [4.78, 5) is 19.2. The number of aromatic nitrogens is 2. The number of hydrogen-bond donors (Lipinski definition) is 1. The summed E-state index contributed by atoms with van der Waals surface area (Å²) >= 11 is 6.14. The molecule has 5 nitrogen and oxygen atoms in total. The maximum Gasteiger partial charge on any atom is 0.220 e. The second-order valence-electron chi connectivity index (χ2n) is 7.28. The van der Waals surface area contributed by atoms with Crippen molar-refractivity contribution in [1.82, 2.24) is 19.8 Å². The van der Waals surface area contributed by atoms with E-state index in [1.165, 1.54) is 12.8 Å². The van der Waals surface area contributed by atoms with Crippen LogP contribution in [0.3, 0.4) is 0 Å². The second-order valence-corrected chi connectivity index (χ2v) is 7.69. The predicted octanol–water partition coefficient (Wildman–Crippen LogP) is 3.87. The molecule has 2 aromatic rings. The molecule has 0 spiro atoms. The number of amides is 1. The molecule has 1 amide bonds. The van der Waals surface area contributed by atoms with Crippen LogP contribution in [-0.2, 0) is 24.4 Å². The molecule has 27 heavy (non-hydrogen) atoms. The van der Waals surface area contributed by atoms with E-state index >= 15 is 0 Å². The van der Waals surface area contributed by atoms with Crippen molar-refractivity contribution in [2.24, 2.45) is 5.92 Å². The highest BCUT2D eigenvalue weighted by molar-refractivity contribution is 6.31. The van der Waals surface area contributed by atoms with E-state index in [0.717, 1.165) is 44.0 Å². The van der Waals surface area contributed by atoms with Crippen LogP contribution in [0, 0.1) is 5.92 Å². The van der Waals surface area contributed by atoms with Gasteiger partial charge in [0.25, 0.3) is 0 Å². The third-order valence-electron chi connectivity index (χ3n) is 5.32. The van der Waals surface area contributed by atoms with Gasteiger partial charge in [0.1, 0.15) is 5.82 Å². The van der Waals surface area contributed by atoms with Crippen molar-refractivity contribution < 1.29 is 4.79 Å². The monoisotopic (exact) mass is 388 g/mol. The minimum atomic E-state index is 0.105. The fourth-order valence-corrected chi connectivity index (χ4v) is 3.97. The van der Waals surface area contributed by atoms with Crippen LogP contribution < -0.4 is 5.32 Å². The van der Waals surface area contributed by atoms with Gasteiger partial charge in [-0.3, -0.25) is 9.69 Å². The number of nitrogens with one attached hydrogen (secondary N) is 1. The van der Waals surface area contributed by atoms with E-state index in [1.54, 1.807) is 0 Å². The zero-order valence-corrected chi connectivity index (χ0v) is 16.8. The van der Waals surface area contributed by atoms with Crippen molar-refractivity contribution in [3.63, 3.8) is 0 Å². The number of rotatable bonds is 8. The molecule has 1 N–H and O–H groups in total. The number of imidazole rings is 1. The van der Waals surface area contributed by atoms with E-state index < -0.39 is 0 Å². The molecule has 0 saturated carbocycles. The van der Waals surface area contributed by atoms with Crippen molar-refractivity contribution in [3.05, 3.63) is 53.1 Å². The number of hydrogen-bond acceptors (Lipinski definition) is 3. The van der Waals surface area contributed by atoms with E-state index in [-0.39, 0.29) is 5.91 Å². The molecule has 3 rings (SSSR count). The summed E-state index contributed by atoms with van der Waals surface area (Å²) in [5.74, 6) is 1.82. The molecular formula is C21H29ClN4O. The summed E-state index contributed by atoms with van der Waals surface area (Å²) in [7, 11) is 0. The van der Waals surface area contributed by atoms with Crippen LogP contribution in [0.5, 0.6) is 0 Å². The van der Waals surface area contributed by atoms with Crippen molar-refractivity contribution >= 4 is 17.5 Å². The molecule has 1 aliphatic rings. The lowest BCUT2D eigenvalue weighted by atomic mass is 9.93. The smallest absolute Gasteiger partial charge is 0.220 e. The normalized spacial score (nSPS) is 17.8. The van der Waals surface area contributed by atoms with Gasteiger partial charge in [-0.05, 0) is 50.3 Å². The van der Waals surface area contributed by atoms with Crippen LogP contribution in [-0.4, -0.2) is 33.4 Å². The van der Waals surface area contributed by atoms with E-state index in [0.29, 0.717) is 23.9 Å². The van der Waals surface area contributed by atoms with Gasteiger partial charge in [0.05, 0.1) is 6.54 Å². The van der Waals surface area contributed by atoms with Crippen molar-refractivity contribution in [2.75, 3.05) is 13.1 Å². The second kappa shape index (κ2) is 9.90. The molecule has 2 heterocycles. The molecule has 6 heteroatoms. The average molecular weight is 389 g/mol. The molecule has 1 aromatic heterocycles. The fraction of sp³-hybridized carbons (Fsp3) is 0.524. The van der Waals surface area contributed by atoms with E-state index in [2.05, 4.69) is 26.7 Å². The van der Waals surface area contributed by atoms with Gasteiger partial charge in [-0.25, -0.2) is 4.98 Å². The standard InChI is InChI=1S/C21H29ClN4O/c1-2-26-13-11-23-20(26)16-25-12-5-6-17(15-25)9-10-21(27)24-14-18-7-3-4-8-19(18)22/h3-4,7-8,11,13,17H,2,5-6,9-10,12,14-16H2,1H3,(H,24,27). The van der Waals surface area contributed by atoms with Gasteiger partial charge in [0.15, 0.2) is 0 Å². The summed E-state index contributed by atoms with van der Waals surface area (Å²) in [6, 6.07) is 7.63. The van der Waals surface area contributed by atoms with E-state index in [4.69, 9.17) is 11.6 Å². The largest absolute Gasteiger partial charge is 0.352 e. The molecule has 1 atom stereocenters. The number of likely N-dealkylation sites (tertiary alicyclic amines) is 1. The van der Waals surface area contributed by atoms with Gasteiger partial charge in [-0.1, -0.05) is 29.8 Å². The summed E-state index contributed by atoms with van der Waals surface area (Å²) in [6.07, 6.45) is 7.83. The first-order valence-corrected chi connectivity index (χ1v) is 10.3. The first kappa shape index (κ1) is 19.9. The molecule has 1 aliphatic heterocycles. The highest BCUT2D eigenvalue weighted by Gasteiger charge is 2.21. The van der Waals surface area contributed by atoms with Gasteiger partial charge < -0.3 is 9.88 Å². The number of carbonyl (C=O) groups is 1. The van der Waals surface area contributed by atoms with E-state index in [9.17, 15) is 4.79 Å². The Morgan fingerprint density at radius 2 is 2.22 bits per heavy atom. The molecule has 1 unspecified atom stereocenters. The first-order chi connectivity index (χ1) is 13.2. The molecule has 0 bridgehead atoms. The zero-order chi connectivity index (χ0) is 19.1. The van der Waals surface area contributed by atoms with Gasteiger partial charge in [0, 0.05) is 43.5 Å². The Hall–Kier alpha value is -1.85. The number of nitrogens with zero attached hydrogens (tertiary/aromatic N) is 3. The topological polar surface area (TPSA) is 50.2 Å². The molecule has 0 aliphatic carbocycles. The Balaban J connectivity index is 1.41. The molecule has 1 saturated heterocycles. The van der Waals surface area contributed by atoms with Gasteiger partial charge in [-0.15, -0.1) is 0 Å². The molecular weight excluding hydrogens is 360 g/mol. The molecule has 0 radical (unpaired) electrons. The number of piperidine rings is 1. The van der Waals surface area contributed by atoms with Gasteiger partial charge >= 0.3 is 0 Å². The Kier molecular flexibility index (Phi) is 7.30. The molecule has 1 fully saturated rings. The minimum absolute atomic E-state index is 0.105. The maximum atomic E-state index is 12.2. The third-order valence-corrected chi connectivity index (χ3v) is 5.69. The Bertz CT molecular complexity index is 745. The Labute approximate surface area is 166 Å². The average Bonchev–Trinajstić information content (AvgIpc) is 3.13. The van der Waals surface area contributed by atoms with Crippen LogP contribution in [0.25, 0.3) is 0 Å². The number of benzene rings is 1. The minimum Gasteiger partial charge on any atom is -0.352 e. The van der Waals surface area contributed by atoms with Crippen molar-refractivity contribution in [3.8, 4) is 0 Å². The lowest BCUT2D eigenvalue weighted by molar-refractivity contribution is -0.121. The number of aryl methyl sites for hydroxylation is 1. The van der Waals surface area contributed by atoms with Crippen LogP contribution in [0.1, 0.15) is 44.0 Å². The summed E-state index contributed by atoms with van der Waals surface area (Å²) < 4.78 is 2.20. The summed E-state index contributed by atoms with van der Waals surface area (Å²) in [5.41, 5.74) is 0.961. The van der Waals surface area contributed by atoms with E-state index in [1.807, 2.05) is 36.7 Å². The van der Waals surface area contributed by atoms with Crippen molar-refractivity contribution in [1.29, 1.82) is 0 Å². The van der Waals surface area contributed by atoms with Gasteiger partial charge in [0.2, 0.25) is 5.91 Å².